The van der Waals surface area contributed by atoms with Crippen molar-refractivity contribution >= 4 is 17.5 Å². The van der Waals surface area contributed by atoms with Gasteiger partial charge >= 0.3 is 0 Å². The van der Waals surface area contributed by atoms with Crippen LogP contribution in [0, 0.1) is 5.92 Å². The summed E-state index contributed by atoms with van der Waals surface area (Å²) in [7, 11) is 0. The lowest BCUT2D eigenvalue weighted by atomic mass is 9.78. The topological polar surface area (TPSA) is 63.9 Å². The van der Waals surface area contributed by atoms with Crippen molar-refractivity contribution in [3.63, 3.8) is 0 Å². The van der Waals surface area contributed by atoms with Crippen LogP contribution in [0.3, 0.4) is 0 Å². The molecule has 1 saturated carbocycles. The molecule has 0 unspecified atom stereocenters. The molecule has 0 bridgehead atoms. The van der Waals surface area contributed by atoms with E-state index in [0.717, 1.165) is 24.9 Å². The summed E-state index contributed by atoms with van der Waals surface area (Å²) in [5.41, 5.74) is 0.802. The van der Waals surface area contributed by atoms with Crippen LogP contribution in [0.4, 0.5) is 0 Å². The van der Waals surface area contributed by atoms with Crippen molar-refractivity contribution in [1.82, 2.24) is 25.1 Å². The predicted octanol–water partition coefficient (Wildman–Crippen LogP) is 3.17. The molecule has 4 rings (SSSR count). The van der Waals surface area contributed by atoms with E-state index in [1.165, 1.54) is 30.5 Å². The van der Waals surface area contributed by atoms with Gasteiger partial charge in [0.15, 0.2) is 0 Å². The molecule has 0 spiro atoms. The van der Waals surface area contributed by atoms with Crippen molar-refractivity contribution in [1.29, 1.82) is 0 Å². The first kappa shape index (κ1) is 16.5. The molecule has 2 heterocycles. The van der Waals surface area contributed by atoms with Crippen LogP contribution in [0.2, 0.25) is 5.02 Å². The number of rotatable bonds is 3. The van der Waals surface area contributed by atoms with Crippen LogP contribution in [0.15, 0.2) is 24.3 Å². The van der Waals surface area contributed by atoms with Gasteiger partial charge < -0.3 is 4.90 Å². The number of piperidine rings is 1. The third kappa shape index (κ3) is 3.54. The highest BCUT2D eigenvalue weighted by molar-refractivity contribution is 6.30. The molecule has 6 nitrogen and oxygen atoms in total. The Balaban J connectivity index is 1.46. The lowest BCUT2D eigenvalue weighted by molar-refractivity contribution is -0.138. The van der Waals surface area contributed by atoms with Crippen molar-refractivity contribution in [2.45, 2.75) is 51.1 Å². The zero-order valence-corrected chi connectivity index (χ0v) is 14.9. The lowest BCUT2D eigenvalue weighted by Crippen LogP contribution is -2.50. The summed E-state index contributed by atoms with van der Waals surface area (Å²) in [5, 5.41) is 13.1. The molecule has 1 aliphatic carbocycles. The number of hydrogen-bond acceptors (Lipinski definition) is 4. The quantitative estimate of drug-likeness (QED) is 0.844. The average Bonchev–Trinajstić information content (AvgIpc) is 3.10. The van der Waals surface area contributed by atoms with Gasteiger partial charge in [-0.1, -0.05) is 36.6 Å². The van der Waals surface area contributed by atoms with Gasteiger partial charge in [0.05, 0.1) is 0 Å². The maximum atomic E-state index is 12.8. The summed E-state index contributed by atoms with van der Waals surface area (Å²) >= 11 is 6.01. The van der Waals surface area contributed by atoms with Crippen molar-refractivity contribution in [2.75, 3.05) is 6.54 Å². The van der Waals surface area contributed by atoms with E-state index in [1.807, 2.05) is 12.1 Å². The maximum Gasteiger partial charge on any atom is 0.246 e. The Morgan fingerprint density at radius 2 is 2.04 bits per heavy atom. The van der Waals surface area contributed by atoms with Crippen LogP contribution in [0.25, 0.3) is 11.4 Å². The molecule has 7 heteroatoms. The van der Waals surface area contributed by atoms with E-state index in [4.69, 9.17) is 11.6 Å². The Kier molecular flexibility index (Phi) is 4.70. The van der Waals surface area contributed by atoms with E-state index in [-0.39, 0.29) is 12.5 Å². The van der Waals surface area contributed by atoms with Crippen LogP contribution in [-0.4, -0.2) is 43.6 Å². The number of fused-ring (bicyclic) bond motifs is 1. The van der Waals surface area contributed by atoms with E-state index in [9.17, 15) is 4.79 Å². The standard InChI is InChI=1S/C18H22ClN5O/c19-15-8-3-6-14(11-15)18-20-22-24(21-18)12-17(25)23-10-4-7-13-5-1-2-9-16(13)23/h3,6,8,11,13,16H,1-2,4-5,7,9-10,12H2/t13-,16-/m0/s1. The van der Waals surface area contributed by atoms with E-state index < -0.39 is 0 Å². The second kappa shape index (κ2) is 7.12. The van der Waals surface area contributed by atoms with Gasteiger partial charge in [-0.25, -0.2) is 0 Å². The van der Waals surface area contributed by atoms with E-state index in [0.29, 0.717) is 22.8 Å². The minimum Gasteiger partial charge on any atom is -0.338 e. The average molecular weight is 360 g/mol. The number of likely N-dealkylation sites (tertiary alicyclic amines) is 1. The second-order valence-electron chi connectivity index (χ2n) is 7.00. The van der Waals surface area contributed by atoms with Crippen LogP contribution in [0.5, 0.6) is 0 Å². The van der Waals surface area contributed by atoms with Gasteiger partial charge in [0, 0.05) is 23.2 Å². The van der Waals surface area contributed by atoms with Gasteiger partial charge in [0.1, 0.15) is 6.54 Å². The van der Waals surface area contributed by atoms with Crippen molar-refractivity contribution in [2.24, 2.45) is 5.92 Å². The summed E-state index contributed by atoms with van der Waals surface area (Å²) in [4.78, 5) is 16.3. The molecule has 25 heavy (non-hydrogen) atoms. The van der Waals surface area contributed by atoms with Crippen molar-refractivity contribution in [3.05, 3.63) is 29.3 Å². The Hall–Kier alpha value is -1.95. The first-order valence-corrected chi connectivity index (χ1v) is 9.42. The lowest BCUT2D eigenvalue weighted by Gasteiger charge is -2.44. The molecule has 1 saturated heterocycles. The summed E-state index contributed by atoms with van der Waals surface area (Å²) in [6, 6.07) is 7.73. The summed E-state index contributed by atoms with van der Waals surface area (Å²) in [5.74, 6) is 1.27. The van der Waals surface area contributed by atoms with E-state index >= 15 is 0 Å². The summed E-state index contributed by atoms with van der Waals surface area (Å²) < 4.78 is 0. The molecule has 1 aromatic carbocycles. The fraction of sp³-hybridized carbons (Fsp3) is 0.556. The normalized spacial score (nSPS) is 23.3. The Morgan fingerprint density at radius 1 is 1.20 bits per heavy atom. The molecule has 1 amide bonds. The molecule has 2 atom stereocenters. The smallest absolute Gasteiger partial charge is 0.246 e. The second-order valence-corrected chi connectivity index (χ2v) is 7.43. The third-order valence-corrected chi connectivity index (χ3v) is 5.61. The number of amides is 1. The fourth-order valence-electron chi connectivity index (χ4n) is 4.20. The number of hydrogen-bond donors (Lipinski definition) is 0. The highest BCUT2D eigenvalue weighted by Crippen LogP contribution is 2.35. The minimum absolute atomic E-state index is 0.103. The Morgan fingerprint density at radius 3 is 2.92 bits per heavy atom. The first-order valence-electron chi connectivity index (χ1n) is 9.04. The number of aromatic nitrogens is 4. The van der Waals surface area contributed by atoms with E-state index in [2.05, 4.69) is 20.3 Å². The number of carbonyl (C=O) groups is 1. The van der Waals surface area contributed by atoms with Crippen LogP contribution >= 0.6 is 11.6 Å². The SMILES string of the molecule is O=C(Cn1nnc(-c2cccc(Cl)c2)n1)N1CCC[C@@H]2CCCC[C@@H]21. The number of nitrogens with zero attached hydrogens (tertiary/aromatic N) is 5. The molecule has 2 aliphatic rings. The molecule has 2 fully saturated rings. The van der Waals surface area contributed by atoms with Crippen LogP contribution < -0.4 is 0 Å². The molecule has 2 aromatic rings. The van der Waals surface area contributed by atoms with Gasteiger partial charge in [-0.3, -0.25) is 4.79 Å². The van der Waals surface area contributed by atoms with Crippen molar-refractivity contribution in [3.8, 4) is 11.4 Å². The fourth-order valence-corrected chi connectivity index (χ4v) is 4.39. The highest BCUT2D eigenvalue weighted by Gasteiger charge is 2.35. The van der Waals surface area contributed by atoms with Gasteiger partial charge in [-0.2, -0.15) is 4.80 Å². The Labute approximate surface area is 152 Å². The summed E-state index contributed by atoms with van der Waals surface area (Å²) in [6.07, 6.45) is 7.28. The van der Waals surface area contributed by atoms with Crippen molar-refractivity contribution < 1.29 is 4.79 Å². The molecule has 0 radical (unpaired) electrons. The van der Waals surface area contributed by atoms with Gasteiger partial charge in [0.2, 0.25) is 11.7 Å². The minimum atomic E-state index is 0.103. The van der Waals surface area contributed by atoms with Gasteiger partial charge in [-0.05, 0) is 48.9 Å². The number of carbonyl (C=O) groups excluding carboxylic acids is 1. The van der Waals surface area contributed by atoms with Crippen LogP contribution in [0.1, 0.15) is 38.5 Å². The van der Waals surface area contributed by atoms with Gasteiger partial charge in [-0.15, -0.1) is 10.2 Å². The number of halogens is 1. The van der Waals surface area contributed by atoms with Gasteiger partial charge in [0.25, 0.3) is 0 Å². The summed E-state index contributed by atoms with van der Waals surface area (Å²) in [6.45, 7) is 1.01. The van der Waals surface area contributed by atoms with Crippen LogP contribution in [-0.2, 0) is 11.3 Å². The molecule has 1 aliphatic heterocycles. The highest BCUT2D eigenvalue weighted by atomic mass is 35.5. The molecule has 0 N–H and O–H groups in total. The number of benzene rings is 1. The maximum absolute atomic E-state index is 12.8. The Bertz CT molecular complexity index is 759. The zero-order chi connectivity index (χ0) is 17.2. The first-order chi connectivity index (χ1) is 12.2. The molecular formula is C18H22ClN5O. The molecule has 1 aromatic heterocycles. The monoisotopic (exact) mass is 359 g/mol. The zero-order valence-electron chi connectivity index (χ0n) is 14.1. The van der Waals surface area contributed by atoms with E-state index in [1.54, 1.807) is 12.1 Å². The predicted molar refractivity (Wildman–Crippen MR) is 95.0 cm³/mol. The molecule has 132 valence electrons. The number of tetrazole rings is 1. The largest absolute Gasteiger partial charge is 0.338 e. The molecular weight excluding hydrogens is 338 g/mol. The third-order valence-electron chi connectivity index (χ3n) is 5.38.